The number of anilines is 1. The number of aryl methyl sites for hydroxylation is 1. The molecule has 1 heterocycles. The molecule has 31 heavy (non-hydrogen) atoms. The summed E-state index contributed by atoms with van der Waals surface area (Å²) in [5.74, 6) is -0.116. The van der Waals surface area contributed by atoms with Crippen LogP contribution in [-0.2, 0) is 16.1 Å². The molecule has 0 aromatic heterocycles. The first-order chi connectivity index (χ1) is 15.0. The zero-order valence-electron chi connectivity index (χ0n) is 17.2. The van der Waals surface area contributed by atoms with E-state index in [1.165, 1.54) is 4.90 Å². The Morgan fingerprint density at radius 3 is 2.39 bits per heavy atom. The summed E-state index contributed by atoms with van der Waals surface area (Å²) in [6.07, 6.45) is 0. The normalized spacial score (nSPS) is 13.7. The largest absolute Gasteiger partial charge is 0.497 e. The molecule has 1 aliphatic rings. The first kappa shape index (κ1) is 20.7. The van der Waals surface area contributed by atoms with Gasteiger partial charge in [-0.3, -0.25) is 14.5 Å². The average molecular weight is 433 g/mol. The van der Waals surface area contributed by atoms with Crippen molar-refractivity contribution < 1.29 is 14.3 Å². The number of carbonyl (C=O) groups excluding carboxylic acids is 2. The predicted molar refractivity (Wildman–Crippen MR) is 122 cm³/mol. The minimum absolute atomic E-state index is 0.0932. The lowest BCUT2D eigenvalue weighted by Crippen LogP contribution is -2.32. The molecule has 0 saturated carbocycles. The molecule has 4 rings (SSSR count). The summed E-state index contributed by atoms with van der Waals surface area (Å²) in [5, 5.41) is 3.65. The lowest BCUT2D eigenvalue weighted by molar-refractivity contribution is -0.137. The van der Waals surface area contributed by atoms with Gasteiger partial charge in [0.05, 0.1) is 19.2 Å². The second-order valence-electron chi connectivity index (χ2n) is 7.26. The van der Waals surface area contributed by atoms with E-state index in [9.17, 15) is 9.59 Å². The van der Waals surface area contributed by atoms with Gasteiger partial charge < -0.3 is 10.1 Å². The summed E-state index contributed by atoms with van der Waals surface area (Å²) in [6.45, 7) is 2.06. The van der Waals surface area contributed by atoms with Crippen molar-refractivity contribution in [3.63, 3.8) is 0 Å². The number of benzene rings is 3. The molecule has 1 aliphatic heterocycles. The zero-order valence-corrected chi connectivity index (χ0v) is 17.9. The fourth-order valence-corrected chi connectivity index (χ4v) is 3.66. The first-order valence-corrected chi connectivity index (χ1v) is 10.2. The summed E-state index contributed by atoms with van der Waals surface area (Å²) in [6, 6.07) is 21.9. The number of nitrogens with zero attached hydrogens (tertiary/aromatic N) is 1. The Bertz CT molecular complexity index is 1190. The molecule has 0 spiro atoms. The molecule has 3 aromatic rings. The first-order valence-electron chi connectivity index (χ1n) is 9.80. The maximum absolute atomic E-state index is 13.4. The quantitative estimate of drug-likeness (QED) is 0.554. The standard InChI is InChI=1S/C25H21ClN2O3/c1-16-10-12-17(13-11-16)22-23(27-19-7-5-8-20(14-19)31-2)25(30)28(24(22)29)15-18-6-3-4-9-21(18)26/h3-14,27H,15H2,1-2H3. The van der Waals surface area contributed by atoms with E-state index in [0.29, 0.717) is 33.2 Å². The Balaban J connectivity index is 1.75. The van der Waals surface area contributed by atoms with Gasteiger partial charge in [-0.2, -0.15) is 0 Å². The van der Waals surface area contributed by atoms with Crippen molar-refractivity contribution in [2.75, 3.05) is 12.4 Å². The minimum atomic E-state index is -0.400. The fraction of sp³-hybridized carbons (Fsp3) is 0.120. The molecule has 0 unspecified atom stereocenters. The molecule has 5 nitrogen and oxygen atoms in total. The van der Waals surface area contributed by atoms with Crippen LogP contribution in [0.1, 0.15) is 16.7 Å². The Kier molecular flexibility index (Phi) is 5.78. The van der Waals surface area contributed by atoms with Gasteiger partial charge in [0.15, 0.2) is 0 Å². The van der Waals surface area contributed by atoms with Crippen molar-refractivity contribution in [3.8, 4) is 5.75 Å². The topological polar surface area (TPSA) is 58.6 Å². The van der Waals surface area contributed by atoms with Crippen molar-refractivity contribution >= 4 is 34.7 Å². The van der Waals surface area contributed by atoms with Gasteiger partial charge in [0.1, 0.15) is 11.4 Å². The van der Waals surface area contributed by atoms with Gasteiger partial charge in [0.25, 0.3) is 11.8 Å². The Hall–Kier alpha value is -3.57. The van der Waals surface area contributed by atoms with Gasteiger partial charge in [0, 0.05) is 16.8 Å². The highest BCUT2D eigenvalue weighted by molar-refractivity contribution is 6.36. The number of ether oxygens (including phenoxy) is 1. The zero-order chi connectivity index (χ0) is 22.0. The molecular formula is C25H21ClN2O3. The van der Waals surface area contributed by atoms with Crippen LogP contribution < -0.4 is 10.1 Å². The van der Waals surface area contributed by atoms with Gasteiger partial charge in [-0.25, -0.2) is 0 Å². The smallest absolute Gasteiger partial charge is 0.278 e. The highest BCUT2D eigenvalue weighted by Crippen LogP contribution is 2.33. The van der Waals surface area contributed by atoms with Gasteiger partial charge in [0.2, 0.25) is 0 Å². The molecule has 1 N–H and O–H groups in total. The third-order valence-corrected chi connectivity index (χ3v) is 5.50. The van der Waals surface area contributed by atoms with Crippen LogP contribution in [0.2, 0.25) is 5.02 Å². The van der Waals surface area contributed by atoms with Crippen LogP contribution in [0, 0.1) is 6.92 Å². The SMILES string of the molecule is COc1cccc(NC2=C(c3ccc(C)cc3)C(=O)N(Cc3ccccc3Cl)C2=O)c1. The van der Waals surface area contributed by atoms with Gasteiger partial charge in [-0.1, -0.05) is 65.7 Å². The van der Waals surface area contributed by atoms with Crippen molar-refractivity contribution in [2.24, 2.45) is 0 Å². The van der Waals surface area contributed by atoms with Crippen LogP contribution in [0.4, 0.5) is 5.69 Å². The van der Waals surface area contributed by atoms with Crippen molar-refractivity contribution in [3.05, 3.63) is 100 Å². The number of halogens is 1. The second-order valence-corrected chi connectivity index (χ2v) is 7.67. The Morgan fingerprint density at radius 1 is 0.935 bits per heavy atom. The number of methoxy groups -OCH3 is 1. The van der Waals surface area contributed by atoms with E-state index in [4.69, 9.17) is 16.3 Å². The van der Waals surface area contributed by atoms with Crippen molar-refractivity contribution in [1.82, 2.24) is 4.90 Å². The van der Waals surface area contributed by atoms with E-state index in [2.05, 4.69) is 5.32 Å². The number of nitrogens with one attached hydrogen (secondary N) is 1. The maximum Gasteiger partial charge on any atom is 0.278 e. The summed E-state index contributed by atoms with van der Waals surface area (Å²) >= 11 is 6.28. The lowest BCUT2D eigenvalue weighted by Gasteiger charge is -2.16. The predicted octanol–water partition coefficient (Wildman–Crippen LogP) is 5.05. The molecule has 3 aromatic carbocycles. The highest BCUT2D eigenvalue weighted by Gasteiger charge is 2.39. The van der Waals surface area contributed by atoms with E-state index in [-0.39, 0.29) is 18.1 Å². The molecule has 156 valence electrons. The summed E-state index contributed by atoms with van der Waals surface area (Å²) in [4.78, 5) is 28.0. The number of rotatable bonds is 6. The van der Waals surface area contributed by atoms with Crippen LogP contribution in [0.5, 0.6) is 5.75 Å². The van der Waals surface area contributed by atoms with Crippen LogP contribution in [0.3, 0.4) is 0 Å². The van der Waals surface area contributed by atoms with Crippen LogP contribution in [0.25, 0.3) is 5.57 Å². The Morgan fingerprint density at radius 2 is 1.68 bits per heavy atom. The Labute approximate surface area is 185 Å². The summed E-state index contributed by atoms with van der Waals surface area (Å²) in [5.41, 5.74) is 3.66. The van der Waals surface area contributed by atoms with Gasteiger partial charge in [-0.15, -0.1) is 0 Å². The average Bonchev–Trinajstić information content (AvgIpc) is 3.00. The third-order valence-electron chi connectivity index (χ3n) is 5.13. The molecular weight excluding hydrogens is 412 g/mol. The molecule has 0 fully saturated rings. The minimum Gasteiger partial charge on any atom is -0.497 e. The number of imide groups is 1. The van der Waals surface area contributed by atoms with E-state index >= 15 is 0 Å². The summed E-state index contributed by atoms with van der Waals surface area (Å²) in [7, 11) is 1.58. The van der Waals surface area contributed by atoms with E-state index < -0.39 is 5.91 Å². The molecule has 6 heteroatoms. The van der Waals surface area contributed by atoms with Gasteiger partial charge in [-0.05, 0) is 36.2 Å². The van der Waals surface area contributed by atoms with Crippen molar-refractivity contribution in [1.29, 1.82) is 0 Å². The number of amides is 2. The number of hydrogen-bond donors (Lipinski definition) is 1. The van der Waals surface area contributed by atoms with Crippen LogP contribution in [-0.4, -0.2) is 23.8 Å². The monoisotopic (exact) mass is 432 g/mol. The molecule has 0 aliphatic carbocycles. The molecule has 0 atom stereocenters. The van der Waals surface area contributed by atoms with Crippen LogP contribution >= 0.6 is 11.6 Å². The molecule has 0 bridgehead atoms. The lowest BCUT2D eigenvalue weighted by atomic mass is 10.0. The van der Waals surface area contributed by atoms with Crippen molar-refractivity contribution in [2.45, 2.75) is 13.5 Å². The third kappa shape index (κ3) is 4.18. The summed E-state index contributed by atoms with van der Waals surface area (Å²) < 4.78 is 5.27. The van der Waals surface area contributed by atoms with E-state index in [1.807, 2.05) is 67.6 Å². The number of carbonyl (C=O) groups is 2. The molecule has 2 amide bonds. The van der Waals surface area contributed by atoms with Gasteiger partial charge >= 0.3 is 0 Å². The molecule has 0 radical (unpaired) electrons. The van der Waals surface area contributed by atoms with Crippen LogP contribution in [0.15, 0.2) is 78.5 Å². The number of hydrogen-bond acceptors (Lipinski definition) is 4. The fourth-order valence-electron chi connectivity index (χ4n) is 3.47. The van der Waals surface area contributed by atoms with E-state index in [1.54, 1.807) is 19.2 Å². The van der Waals surface area contributed by atoms with E-state index in [0.717, 1.165) is 5.56 Å². The highest BCUT2D eigenvalue weighted by atomic mass is 35.5. The maximum atomic E-state index is 13.4. The second kappa shape index (κ2) is 8.66. The molecule has 0 saturated heterocycles.